The molecular weight excluding hydrogens is 301 g/mol. The number of anilines is 2. The summed E-state index contributed by atoms with van der Waals surface area (Å²) < 4.78 is 24.4. The number of rotatable bonds is 5. The predicted octanol–water partition coefficient (Wildman–Crippen LogP) is 2.97. The van der Waals surface area contributed by atoms with Crippen LogP contribution in [0.1, 0.15) is 29.1 Å². The molecule has 1 aromatic carbocycles. The van der Waals surface area contributed by atoms with Crippen LogP contribution in [0.4, 0.5) is 15.8 Å². The maximum atomic E-state index is 14.1. The number of amides is 1. The first-order valence-corrected chi connectivity index (χ1v) is 7.51. The average molecular weight is 319 g/mol. The molecule has 1 amide bonds. The lowest BCUT2D eigenvalue weighted by molar-refractivity contribution is 0.0988. The number of aryl methyl sites for hydroxylation is 1. The van der Waals surface area contributed by atoms with Gasteiger partial charge in [-0.25, -0.2) is 4.39 Å². The van der Waals surface area contributed by atoms with E-state index in [1.54, 1.807) is 19.1 Å². The van der Waals surface area contributed by atoms with Gasteiger partial charge in [-0.2, -0.15) is 0 Å². The first-order chi connectivity index (χ1) is 11.1. The largest absolute Gasteiger partial charge is 0.380 e. The van der Waals surface area contributed by atoms with Crippen molar-refractivity contribution in [3.05, 3.63) is 41.5 Å². The van der Waals surface area contributed by atoms with E-state index in [0.29, 0.717) is 23.6 Å². The number of carbonyl (C=O) groups is 1. The standard InChI is InChI=1S/C16H18FN3O3/c1-10-7-15(23-20-10)16(21)19-11-4-5-14(13(17)8-11)18-9-12-3-2-6-22-12/h4-5,7-8,12,18H,2-3,6,9H2,1H3,(H,19,21)/t12-/m1/s1. The summed E-state index contributed by atoms with van der Waals surface area (Å²) in [7, 11) is 0. The molecule has 1 aromatic heterocycles. The first-order valence-electron chi connectivity index (χ1n) is 7.51. The van der Waals surface area contributed by atoms with E-state index in [-0.39, 0.29) is 11.9 Å². The molecule has 0 spiro atoms. The van der Waals surface area contributed by atoms with Gasteiger partial charge in [-0.3, -0.25) is 4.79 Å². The number of hydrogen-bond donors (Lipinski definition) is 2. The van der Waals surface area contributed by atoms with E-state index in [0.717, 1.165) is 19.4 Å². The zero-order valence-electron chi connectivity index (χ0n) is 12.8. The third-order valence-corrected chi connectivity index (χ3v) is 3.62. The van der Waals surface area contributed by atoms with Crippen molar-refractivity contribution in [1.82, 2.24) is 5.16 Å². The molecular formula is C16H18FN3O3. The van der Waals surface area contributed by atoms with Crippen LogP contribution in [0.15, 0.2) is 28.8 Å². The van der Waals surface area contributed by atoms with Crippen LogP contribution in [-0.4, -0.2) is 30.3 Å². The van der Waals surface area contributed by atoms with Crippen molar-refractivity contribution in [2.75, 3.05) is 23.8 Å². The van der Waals surface area contributed by atoms with Gasteiger partial charge in [-0.05, 0) is 38.0 Å². The fourth-order valence-electron chi connectivity index (χ4n) is 2.43. The molecule has 0 unspecified atom stereocenters. The molecule has 3 rings (SSSR count). The van der Waals surface area contributed by atoms with Crippen molar-refractivity contribution < 1.29 is 18.4 Å². The number of benzene rings is 1. The lowest BCUT2D eigenvalue weighted by Gasteiger charge is -2.13. The van der Waals surface area contributed by atoms with Gasteiger partial charge in [-0.15, -0.1) is 0 Å². The van der Waals surface area contributed by atoms with Crippen LogP contribution >= 0.6 is 0 Å². The molecule has 0 bridgehead atoms. The van der Waals surface area contributed by atoms with Crippen LogP contribution in [0.2, 0.25) is 0 Å². The third-order valence-electron chi connectivity index (χ3n) is 3.62. The Morgan fingerprint density at radius 2 is 2.30 bits per heavy atom. The lowest BCUT2D eigenvalue weighted by atomic mass is 10.2. The summed E-state index contributed by atoms with van der Waals surface area (Å²) >= 11 is 0. The van der Waals surface area contributed by atoms with E-state index in [9.17, 15) is 9.18 Å². The topological polar surface area (TPSA) is 76.4 Å². The molecule has 1 aliphatic rings. The van der Waals surface area contributed by atoms with Crippen molar-refractivity contribution in [2.45, 2.75) is 25.9 Å². The van der Waals surface area contributed by atoms with Gasteiger partial charge in [0.1, 0.15) is 5.82 Å². The van der Waals surface area contributed by atoms with E-state index < -0.39 is 11.7 Å². The normalized spacial score (nSPS) is 17.2. The number of aromatic nitrogens is 1. The zero-order valence-corrected chi connectivity index (χ0v) is 12.8. The van der Waals surface area contributed by atoms with Gasteiger partial charge in [0.05, 0.1) is 17.5 Å². The van der Waals surface area contributed by atoms with E-state index in [4.69, 9.17) is 9.26 Å². The minimum atomic E-state index is -0.468. The number of nitrogens with one attached hydrogen (secondary N) is 2. The molecule has 122 valence electrons. The SMILES string of the molecule is Cc1cc(C(=O)Nc2ccc(NC[C@H]3CCCO3)c(F)c2)on1. The van der Waals surface area contributed by atoms with Crippen molar-refractivity contribution in [1.29, 1.82) is 0 Å². The summed E-state index contributed by atoms with van der Waals surface area (Å²) in [5, 5.41) is 9.24. The van der Waals surface area contributed by atoms with Crippen LogP contribution in [0.5, 0.6) is 0 Å². The zero-order chi connectivity index (χ0) is 16.2. The molecule has 23 heavy (non-hydrogen) atoms. The van der Waals surface area contributed by atoms with Gasteiger partial charge in [0.25, 0.3) is 5.91 Å². The molecule has 6 nitrogen and oxygen atoms in total. The van der Waals surface area contributed by atoms with E-state index >= 15 is 0 Å². The van der Waals surface area contributed by atoms with Gasteiger partial charge >= 0.3 is 0 Å². The number of nitrogens with zero attached hydrogens (tertiary/aromatic N) is 1. The fraction of sp³-hybridized carbons (Fsp3) is 0.375. The second-order valence-corrected chi connectivity index (χ2v) is 5.50. The predicted molar refractivity (Wildman–Crippen MR) is 83.1 cm³/mol. The highest BCUT2D eigenvalue weighted by atomic mass is 19.1. The smallest absolute Gasteiger partial charge is 0.294 e. The number of ether oxygens (including phenoxy) is 1. The second-order valence-electron chi connectivity index (χ2n) is 5.50. The number of halogens is 1. The molecule has 1 fully saturated rings. The monoisotopic (exact) mass is 319 g/mol. The Labute approximate surface area is 133 Å². The average Bonchev–Trinajstić information content (AvgIpc) is 3.18. The Hall–Kier alpha value is -2.41. The van der Waals surface area contributed by atoms with Crippen LogP contribution in [-0.2, 0) is 4.74 Å². The Morgan fingerprint density at radius 3 is 2.96 bits per heavy atom. The molecule has 7 heteroatoms. The highest BCUT2D eigenvalue weighted by molar-refractivity contribution is 6.02. The van der Waals surface area contributed by atoms with Gasteiger partial charge in [0.15, 0.2) is 0 Å². The van der Waals surface area contributed by atoms with Crippen molar-refractivity contribution in [3.8, 4) is 0 Å². The van der Waals surface area contributed by atoms with Gasteiger partial charge in [0, 0.05) is 24.9 Å². The summed E-state index contributed by atoms with van der Waals surface area (Å²) in [4.78, 5) is 11.9. The first kappa shape index (κ1) is 15.5. The van der Waals surface area contributed by atoms with Crippen molar-refractivity contribution in [3.63, 3.8) is 0 Å². The molecule has 1 aliphatic heterocycles. The van der Waals surface area contributed by atoms with E-state index in [2.05, 4.69) is 15.8 Å². The van der Waals surface area contributed by atoms with E-state index in [1.807, 2.05) is 0 Å². The van der Waals surface area contributed by atoms with Crippen LogP contribution in [0, 0.1) is 12.7 Å². The van der Waals surface area contributed by atoms with Gasteiger partial charge in [-0.1, -0.05) is 5.16 Å². The Kier molecular flexibility index (Phi) is 4.57. The molecule has 0 radical (unpaired) electrons. The molecule has 1 saturated heterocycles. The maximum Gasteiger partial charge on any atom is 0.294 e. The molecule has 2 heterocycles. The summed E-state index contributed by atoms with van der Waals surface area (Å²) in [6.07, 6.45) is 2.16. The highest BCUT2D eigenvalue weighted by Gasteiger charge is 2.16. The minimum Gasteiger partial charge on any atom is -0.380 e. The second kappa shape index (κ2) is 6.78. The fourth-order valence-corrected chi connectivity index (χ4v) is 2.43. The molecule has 2 aromatic rings. The lowest BCUT2D eigenvalue weighted by Crippen LogP contribution is -2.19. The Bertz CT molecular complexity index is 696. The number of hydrogen-bond acceptors (Lipinski definition) is 5. The van der Waals surface area contributed by atoms with Crippen LogP contribution in [0.3, 0.4) is 0 Å². The molecule has 1 atom stereocenters. The van der Waals surface area contributed by atoms with Gasteiger partial charge < -0.3 is 19.9 Å². The Morgan fingerprint density at radius 1 is 1.43 bits per heavy atom. The summed E-state index contributed by atoms with van der Waals surface area (Å²) in [5.74, 6) is -0.817. The molecule has 0 saturated carbocycles. The molecule has 2 N–H and O–H groups in total. The quantitative estimate of drug-likeness (QED) is 0.886. The van der Waals surface area contributed by atoms with E-state index in [1.165, 1.54) is 12.1 Å². The minimum absolute atomic E-state index is 0.0866. The van der Waals surface area contributed by atoms with Crippen LogP contribution < -0.4 is 10.6 Å². The Balaban J connectivity index is 1.60. The maximum absolute atomic E-state index is 14.1. The van der Waals surface area contributed by atoms with Gasteiger partial charge in [0.2, 0.25) is 5.76 Å². The summed E-state index contributed by atoms with van der Waals surface area (Å²) in [6, 6.07) is 6.00. The van der Waals surface area contributed by atoms with Crippen LogP contribution in [0.25, 0.3) is 0 Å². The third kappa shape index (κ3) is 3.87. The number of carbonyl (C=O) groups excluding carboxylic acids is 1. The van der Waals surface area contributed by atoms with Crippen molar-refractivity contribution in [2.24, 2.45) is 0 Å². The van der Waals surface area contributed by atoms with Crippen molar-refractivity contribution >= 4 is 17.3 Å². The summed E-state index contributed by atoms with van der Waals surface area (Å²) in [6.45, 7) is 3.05. The highest BCUT2D eigenvalue weighted by Crippen LogP contribution is 2.21. The molecule has 0 aliphatic carbocycles. The summed E-state index contributed by atoms with van der Waals surface area (Å²) in [5.41, 5.74) is 1.34.